The Bertz CT molecular complexity index is 1480. The van der Waals surface area contributed by atoms with Crippen molar-refractivity contribution in [3.63, 3.8) is 0 Å². The normalized spacial score (nSPS) is 17.3. The number of carbonyl (C=O) groups is 1. The molecule has 0 unspecified atom stereocenters. The lowest BCUT2D eigenvalue weighted by atomic mass is 10.2. The molecule has 1 saturated heterocycles. The number of nitrogens with zero attached hydrogens (tertiary/aromatic N) is 3. The molecule has 5 rings (SSSR count). The summed E-state index contributed by atoms with van der Waals surface area (Å²) in [6.07, 6.45) is 3.88. The van der Waals surface area contributed by atoms with Crippen LogP contribution in [0.15, 0.2) is 57.3 Å². The summed E-state index contributed by atoms with van der Waals surface area (Å²) in [5, 5.41) is 4.24. The fourth-order valence-electron chi connectivity index (χ4n) is 4.74. The van der Waals surface area contributed by atoms with Gasteiger partial charge in [-0.25, -0.2) is 13.4 Å². The van der Waals surface area contributed by atoms with Crippen LogP contribution < -0.4 is 10.9 Å². The third-order valence-corrected chi connectivity index (χ3v) is 9.66. The molecule has 1 saturated carbocycles. The number of benzene rings is 2. The first-order valence-corrected chi connectivity index (χ1v) is 15.0. The van der Waals surface area contributed by atoms with Crippen molar-refractivity contribution in [3.8, 4) is 0 Å². The molecule has 12 heteroatoms. The number of rotatable bonds is 7. The predicted octanol–water partition coefficient (Wildman–Crippen LogP) is 3.92. The van der Waals surface area contributed by atoms with Gasteiger partial charge in [0.25, 0.3) is 5.56 Å². The fourth-order valence-corrected chi connectivity index (χ4v) is 7.22. The number of fused-ring (bicyclic) bond motifs is 1. The van der Waals surface area contributed by atoms with E-state index in [1.165, 1.54) is 28.2 Å². The summed E-state index contributed by atoms with van der Waals surface area (Å²) in [6, 6.07) is 11.3. The first-order chi connectivity index (χ1) is 17.8. The minimum Gasteiger partial charge on any atom is -0.379 e. The molecule has 2 aromatic carbocycles. The minimum absolute atomic E-state index is 0.00563. The molecule has 1 N–H and O–H groups in total. The Labute approximate surface area is 224 Å². The van der Waals surface area contributed by atoms with Crippen molar-refractivity contribution in [2.24, 2.45) is 0 Å². The zero-order chi connectivity index (χ0) is 26.0. The molecule has 9 nitrogen and oxygen atoms in total. The first kappa shape index (κ1) is 26.2. The number of hydrogen-bond acceptors (Lipinski definition) is 7. The van der Waals surface area contributed by atoms with E-state index in [1.807, 2.05) is 0 Å². The predicted molar refractivity (Wildman–Crippen MR) is 144 cm³/mol. The minimum atomic E-state index is -3.68. The van der Waals surface area contributed by atoms with E-state index in [2.05, 4.69) is 10.3 Å². The molecule has 3 aromatic rings. The monoisotopic (exact) mass is 562 g/mol. The van der Waals surface area contributed by atoms with Gasteiger partial charge in [0, 0.05) is 29.8 Å². The number of aromatic nitrogens is 2. The van der Waals surface area contributed by atoms with Gasteiger partial charge >= 0.3 is 0 Å². The summed E-state index contributed by atoms with van der Waals surface area (Å²) in [5.74, 6) is -0.324. The number of hydrogen-bond donors (Lipinski definition) is 1. The summed E-state index contributed by atoms with van der Waals surface area (Å²) in [4.78, 5) is 31.0. The van der Waals surface area contributed by atoms with Gasteiger partial charge in [0.05, 0.1) is 34.8 Å². The third kappa shape index (κ3) is 5.70. The third-order valence-electron chi connectivity index (χ3n) is 6.58. The van der Waals surface area contributed by atoms with Crippen LogP contribution >= 0.6 is 23.4 Å². The number of carbonyl (C=O) groups excluding carboxylic acids is 1. The van der Waals surface area contributed by atoms with Gasteiger partial charge < -0.3 is 10.1 Å². The van der Waals surface area contributed by atoms with E-state index in [0.717, 1.165) is 25.7 Å². The molecule has 1 aliphatic carbocycles. The maximum absolute atomic E-state index is 13.3. The Morgan fingerprint density at radius 3 is 2.65 bits per heavy atom. The molecule has 37 heavy (non-hydrogen) atoms. The zero-order valence-electron chi connectivity index (χ0n) is 20.1. The van der Waals surface area contributed by atoms with Crippen LogP contribution in [0.5, 0.6) is 0 Å². The van der Waals surface area contributed by atoms with Gasteiger partial charge in [0.2, 0.25) is 15.9 Å². The van der Waals surface area contributed by atoms with Crippen molar-refractivity contribution in [3.05, 3.63) is 57.8 Å². The number of nitrogens with one attached hydrogen (secondary N) is 1. The number of thioether (sulfide) groups is 1. The fraction of sp³-hybridized carbons (Fsp3) is 0.400. The molecule has 0 atom stereocenters. The molecule has 0 bridgehead atoms. The van der Waals surface area contributed by atoms with Gasteiger partial charge in [0.15, 0.2) is 5.16 Å². The Hall–Kier alpha value is -2.44. The lowest BCUT2D eigenvalue weighted by Gasteiger charge is -2.26. The van der Waals surface area contributed by atoms with Crippen LogP contribution in [0.1, 0.15) is 31.7 Å². The van der Waals surface area contributed by atoms with E-state index in [-0.39, 0.29) is 28.2 Å². The van der Waals surface area contributed by atoms with Crippen molar-refractivity contribution in [2.45, 2.75) is 41.8 Å². The van der Waals surface area contributed by atoms with Crippen molar-refractivity contribution >= 4 is 55.9 Å². The van der Waals surface area contributed by atoms with E-state index in [9.17, 15) is 18.0 Å². The largest absolute Gasteiger partial charge is 0.379 e. The molecule has 2 fully saturated rings. The Kier molecular flexibility index (Phi) is 7.87. The second-order valence-corrected chi connectivity index (χ2v) is 12.4. The van der Waals surface area contributed by atoms with Gasteiger partial charge in [0.1, 0.15) is 0 Å². The lowest BCUT2D eigenvalue weighted by Crippen LogP contribution is -2.40. The average molecular weight is 563 g/mol. The highest BCUT2D eigenvalue weighted by Crippen LogP contribution is 2.32. The molecular weight excluding hydrogens is 536 g/mol. The Morgan fingerprint density at radius 2 is 1.89 bits per heavy atom. The summed E-state index contributed by atoms with van der Waals surface area (Å²) < 4.78 is 34.3. The second-order valence-electron chi connectivity index (χ2n) is 9.05. The van der Waals surface area contributed by atoms with Crippen LogP contribution in [-0.2, 0) is 19.6 Å². The number of morpholine rings is 1. The lowest BCUT2D eigenvalue weighted by molar-refractivity contribution is -0.113. The van der Waals surface area contributed by atoms with Crippen molar-refractivity contribution in [1.82, 2.24) is 13.9 Å². The van der Waals surface area contributed by atoms with E-state index >= 15 is 0 Å². The highest BCUT2D eigenvalue weighted by molar-refractivity contribution is 7.99. The van der Waals surface area contributed by atoms with E-state index in [0.29, 0.717) is 53.1 Å². The molecule has 1 aromatic heterocycles. The van der Waals surface area contributed by atoms with E-state index < -0.39 is 10.0 Å². The Morgan fingerprint density at radius 1 is 1.14 bits per heavy atom. The first-order valence-electron chi connectivity index (χ1n) is 12.2. The summed E-state index contributed by atoms with van der Waals surface area (Å²) in [5.41, 5.74) is 0.750. The quantitative estimate of drug-likeness (QED) is 0.343. The zero-order valence-corrected chi connectivity index (χ0v) is 22.4. The van der Waals surface area contributed by atoms with Gasteiger partial charge in [-0.1, -0.05) is 42.3 Å². The van der Waals surface area contributed by atoms with E-state index in [4.69, 9.17) is 16.3 Å². The van der Waals surface area contributed by atoms with Crippen LogP contribution in [0.2, 0.25) is 5.02 Å². The highest BCUT2D eigenvalue weighted by atomic mass is 35.5. The molecular formula is C25H27ClN4O5S2. The molecule has 196 valence electrons. The number of amides is 1. The summed E-state index contributed by atoms with van der Waals surface area (Å²) in [6.45, 7) is 1.30. The van der Waals surface area contributed by atoms with Crippen LogP contribution in [0.4, 0.5) is 5.69 Å². The molecule has 2 aliphatic rings. The van der Waals surface area contributed by atoms with Crippen LogP contribution in [0.3, 0.4) is 0 Å². The smallest absolute Gasteiger partial charge is 0.262 e. The van der Waals surface area contributed by atoms with Gasteiger partial charge in [-0.15, -0.1) is 0 Å². The van der Waals surface area contributed by atoms with Crippen LogP contribution in [0, 0.1) is 0 Å². The number of ether oxygens (including phenoxy) is 1. The molecule has 1 amide bonds. The number of halogens is 1. The number of sulfonamides is 1. The summed E-state index contributed by atoms with van der Waals surface area (Å²) >= 11 is 7.32. The molecule has 0 radical (unpaired) electrons. The topological polar surface area (TPSA) is 111 Å². The highest BCUT2D eigenvalue weighted by Gasteiger charge is 2.27. The van der Waals surface area contributed by atoms with Crippen molar-refractivity contribution in [1.29, 1.82) is 0 Å². The van der Waals surface area contributed by atoms with E-state index in [1.54, 1.807) is 34.9 Å². The average Bonchev–Trinajstić information content (AvgIpc) is 3.42. The molecule has 2 heterocycles. The molecule has 1 aliphatic heterocycles. The van der Waals surface area contributed by atoms with Gasteiger partial charge in [-0.2, -0.15) is 4.31 Å². The standard InChI is InChI=1S/C25H27ClN4O5S2/c26-17-8-9-21-22(14-17)28-25(30(24(21)32)19-5-1-2-6-19)36-16-23(31)27-18-4-3-7-20(15-18)37(33,34)29-10-12-35-13-11-29/h3-4,7-9,14-15,19H,1-2,5-6,10-13,16H2,(H,27,31). The second kappa shape index (κ2) is 11.1. The molecule has 0 spiro atoms. The van der Waals surface area contributed by atoms with Crippen LogP contribution in [-0.4, -0.2) is 60.2 Å². The van der Waals surface area contributed by atoms with Crippen LogP contribution in [0.25, 0.3) is 10.9 Å². The van der Waals surface area contributed by atoms with Gasteiger partial charge in [-0.3, -0.25) is 14.2 Å². The van der Waals surface area contributed by atoms with Gasteiger partial charge in [-0.05, 0) is 49.2 Å². The van der Waals surface area contributed by atoms with Crippen molar-refractivity contribution in [2.75, 3.05) is 37.4 Å². The SMILES string of the molecule is O=C(CSc1nc2cc(Cl)ccc2c(=O)n1C1CCCC1)Nc1cccc(S(=O)(=O)N2CCOCC2)c1. The number of anilines is 1. The van der Waals surface area contributed by atoms with Crippen molar-refractivity contribution < 1.29 is 17.9 Å². The maximum atomic E-state index is 13.3. The Balaban J connectivity index is 1.34. The summed E-state index contributed by atoms with van der Waals surface area (Å²) in [7, 11) is -3.68. The maximum Gasteiger partial charge on any atom is 0.262 e.